The summed E-state index contributed by atoms with van der Waals surface area (Å²) in [5.74, 6) is 5.67. The van der Waals surface area contributed by atoms with E-state index in [4.69, 9.17) is 10.6 Å². The second-order valence-electron chi connectivity index (χ2n) is 5.38. The molecule has 0 radical (unpaired) electrons. The van der Waals surface area contributed by atoms with Gasteiger partial charge >= 0.3 is 0 Å². The first-order valence-corrected chi connectivity index (χ1v) is 6.57. The van der Waals surface area contributed by atoms with E-state index in [2.05, 4.69) is 51.3 Å². The Balaban J connectivity index is 2.82. The molecule has 1 aromatic rings. The zero-order chi connectivity index (χ0) is 13.8. The first kappa shape index (κ1) is 15.2. The predicted molar refractivity (Wildman–Crippen MR) is 76.4 cm³/mol. The van der Waals surface area contributed by atoms with Gasteiger partial charge in [0, 0.05) is 6.61 Å². The molecule has 0 saturated carbocycles. The summed E-state index contributed by atoms with van der Waals surface area (Å²) in [6.45, 7) is 11.1. The fourth-order valence-electron chi connectivity index (χ4n) is 2.14. The number of rotatable bonds is 6. The van der Waals surface area contributed by atoms with Crippen LogP contribution in [0.2, 0.25) is 0 Å². The number of benzene rings is 1. The molecule has 0 aromatic heterocycles. The highest BCUT2D eigenvalue weighted by Gasteiger charge is 2.29. The molecule has 0 aliphatic heterocycles. The van der Waals surface area contributed by atoms with Gasteiger partial charge in [-0.1, -0.05) is 18.2 Å². The monoisotopic (exact) mass is 250 g/mol. The number of nitrogens with one attached hydrogen (secondary N) is 1. The van der Waals surface area contributed by atoms with E-state index < -0.39 is 0 Å². The van der Waals surface area contributed by atoms with Crippen LogP contribution in [0, 0.1) is 13.8 Å². The molecule has 102 valence electrons. The Labute approximate surface area is 111 Å². The van der Waals surface area contributed by atoms with E-state index in [-0.39, 0.29) is 11.6 Å². The Bertz CT molecular complexity index is 388. The quantitative estimate of drug-likeness (QED) is 0.602. The van der Waals surface area contributed by atoms with Gasteiger partial charge in [0.1, 0.15) is 0 Å². The smallest absolute Gasteiger partial charge is 0.0795 e. The lowest BCUT2D eigenvalue weighted by atomic mass is 9.91. The Morgan fingerprint density at radius 2 is 1.94 bits per heavy atom. The summed E-state index contributed by atoms with van der Waals surface area (Å²) in [6.07, 6.45) is 0.866. The van der Waals surface area contributed by atoms with E-state index in [9.17, 15) is 0 Å². The number of hydrogen-bond acceptors (Lipinski definition) is 3. The second kappa shape index (κ2) is 6.32. The molecule has 3 N–H and O–H groups in total. The van der Waals surface area contributed by atoms with Crippen molar-refractivity contribution in [1.82, 2.24) is 5.43 Å². The third kappa shape index (κ3) is 3.80. The molecule has 3 nitrogen and oxygen atoms in total. The Morgan fingerprint density at radius 3 is 2.44 bits per heavy atom. The topological polar surface area (TPSA) is 47.3 Å². The standard InChI is InChI=1S/C15H26N2O/c1-6-18-15(4,5)14(17-16)10-13-8-7-11(2)12(3)9-13/h7-9,14,17H,6,10,16H2,1-5H3. The normalized spacial score (nSPS) is 13.7. The molecule has 0 saturated heterocycles. The van der Waals surface area contributed by atoms with Gasteiger partial charge in [-0.3, -0.25) is 11.3 Å². The molecule has 3 heteroatoms. The molecular formula is C15H26N2O. The molecule has 0 aliphatic carbocycles. The summed E-state index contributed by atoms with van der Waals surface area (Å²) in [5.41, 5.74) is 6.53. The van der Waals surface area contributed by atoms with Gasteiger partial charge in [-0.15, -0.1) is 0 Å². The van der Waals surface area contributed by atoms with Crippen molar-refractivity contribution >= 4 is 0 Å². The van der Waals surface area contributed by atoms with Crippen LogP contribution in [0.4, 0.5) is 0 Å². The molecular weight excluding hydrogens is 224 g/mol. The van der Waals surface area contributed by atoms with E-state index in [0.29, 0.717) is 6.61 Å². The number of hydrazine groups is 1. The highest BCUT2D eigenvalue weighted by atomic mass is 16.5. The lowest BCUT2D eigenvalue weighted by Gasteiger charge is -2.33. The van der Waals surface area contributed by atoms with Crippen LogP contribution in [-0.2, 0) is 11.2 Å². The van der Waals surface area contributed by atoms with Crippen molar-refractivity contribution in [1.29, 1.82) is 0 Å². The average molecular weight is 250 g/mol. The minimum Gasteiger partial charge on any atom is -0.374 e. The van der Waals surface area contributed by atoms with Crippen molar-refractivity contribution in [2.45, 2.75) is 52.7 Å². The van der Waals surface area contributed by atoms with Crippen molar-refractivity contribution in [3.63, 3.8) is 0 Å². The van der Waals surface area contributed by atoms with E-state index in [0.717, 1.165) is 6.42 Å². The maximum atomic E-state index is 5.77. The number of ether oxygens (including phenoxy) is 1. The zero-order valence-electron chi connectivity index (χ0n) is 12.2. The first-order valence-electron chi connectivity index (χ1n) is 6.57. The van der Waals surface area contributed by atoms with Gasteiger partial charge in [0.15, 0.2) is 0 Å². The number of hydrogen-bond donors (Lipinski definition) is 2. The maximum Gasteiger partial charge on any atom is 0.0795 e. The van der Waals surface area contributed by atoms with Gasteiger partial charge in [-0.05, 0) is 57.7 Å². The third-order valence-electron chi connectivity index (χ3n) is 3.57. The van der Waals surface area contributed by atoms with Gasteiger partial charge in [-0.25, -0.2) is 0 Å². The zero-order valence-corrected chi connectivity index (χ0v) is 12.2. The van der Waals surface area contributed by atoms with Gasteiger partial charge in [0.05, 0.1) is 11.6 Å². The van der Waals surface area contributed by atoms with E-state index >= 15 is 0 Å². The molecule has 1 rings (SSSR count). The van der Waals surface area contributed by atoms with Crippen LogP contribution < -0.4 is 11.3 Å². The van der Waals surface area contributed by atoms with Gasteiger partial charge in [-0.2, -0.15) is 0 Å². The minimum absolute atomic E-state index is 0.0968. The van der Waals surface area contributed by atoms with Gasteiger partial charge in [0.25, 0.3) is 0 Å². The molecule has 0 spiro atoms. The van der Waals surface area contributed by atoms with Crippen LogP contribution in [0.15, 0.2) is 18.2 Å². The third-order valence-corrected chi connectivity index (χ3v) is 3.57. The van der Waals surface area contributed by atoms with E-state index in [1.807, 2.05) is 6.92 Å². The Morgan fingerprint density at radius 1 is 1.28 bits per heavy atom. The summed E-state index contributed by atoms with van der Waals surface area (Å²) in [7, 11) is 0. The number of aryl methyl sites for hydroxylation is 2. The lowest BCUT2D eigenvalue weighted by Crippen LogP contribution is -2.52. The summed E-state index contributed by atoms with van der Waals surface area (Å²) >= 11 is 0. The highest BCUT2D eigenvalue weighted by molar-refractivity contribution is 5.30. The van der Waals surface area contributed by atoms with Gasteiger partial charge in [0.2, 0.25) is 0 Å². The van der Waals surface area contributed by atoms with E-state index in [1.165, 1.54) is 16.7 Å². The SMILES string of the molecule is CCOC(C)(C)C(Cc1ccc(C)c(C)c1)NN. The van der Waals surface area contributed by atoms with Crippen molar-refractivity contribution in [3.05, 3.63) is 34.9 Å². The fourth-order valence-corrected chi connectivity index (χ4v) is 2.14. The molecule has 18 heavy (non-hydrogen) atoms. The van der Waals surface area contributed by atoms with Crippen molar-refractivity contribution in [2.24, 2.45) is 5.84 Å². The van der Waals surface area contributed by atoms with Crippen molar-refractivity contribution in [3.8, 4) is 0 Å². The maximum absolute atomic E-state index is 5.77. The van der Waals surface area contributed by atoms with Crippen molar-refractivity contribution in [2.75, 3.05) is 6.61 Å². The molecule has 1 unspecified atom stereocenters. The predicted octanol–water partition coefficient (Wildman–Crippen LogP) is 2.49. The van der Waals surface area contributed by atoms with Crippen LogP contribution in [0.3, 0.4) is 0 Å². The van der Waals surface area contributed by atoms with Crippen LogP contribution in [0.5, 0.6) is 0 Å². The molecule has 0 heterocycles. The summed E-state index contributed by atoms with van der Waals surface area (Å²) in [6, 6.07) is 6.64. The largest absolute Gasteiger partial charge is 0.374 e. The molecule has 0 amide bonds. The molecule has 0 aliphatic rings. The molecule has 0 bridgehead atoms. The van der Waals surface area contributed by atoms with Gasteiger partial charge < -0.3 is 4.74 Å². The minimum atomic E-state index is -0.276. The Hall–Kier alpha value is -0.900. The molecule has 0 fully saturated rings. The Kier molecular flexibility index (Phi) is 5.32. The first-order chi connectivity index (χ1) is 8.40. The fraction of sp³-hybridized carbons (Fsp3) is 0.600. The summed E-state index contributed by atoms with van der Waals surface area (Å²) < 4.78 is 5.77. The van der Waals surface area contributed by atoms with Crippen molar-refractivity contribution < 1.29 is 4.74 Å². The summed E-state index contributed by atoms with van der Waals surface area (Å²) in [4.78, 5) is 0. The summed E-state index contributed by atoms with van der Waals surface area (Å²) in [5, 5.41) is 0. The van der Waals surface area contributed by atoms with Crippen LogP contribution >= 0.6 is 0 Å². The lowest BCUT2D eigenvalue weighted by molar-refractivity contribution is -0.0380. The van der Waals surface area contributed by atoms with Crippen LogP contribution in [0.1, 0.15) is 37.5 Å². The van der Waals surface area contributed by atoms with E-state index in [1.54, 1.807) is 0 Å². The molecule has 1 aromatic carbocycles. The number of nitrogens with two attached hydrogens (primary N) is 1. The molecule has 1 atom stereocenters. The van der Waals surface area contributed by atoms with Crippen LogP contribution in [-0.4, -0.2) is 18.2 Å². The average Bonchev–Trinajstić information content (AvgIpc) is 2.30. The van der Waals surface area contributed by atoms with Crippen LogP contribution in [0.25, 0.3) is 0 Å². The second-order valence-corrected chi connectivity index (χ2v) is 5.38. The highest BCUT2D eigenvalue weighted by Crippen LogP contribution is 2.19.